The molecule has 0 N–H and O–H groups in total. The third kappa shape index (κ3) is 7.69. The number of rotatable bonds is 10. The average molecular weight is 278 g/mol. The van der Waals surface area contributed by atoms with Crippen molar-refractivity contribution in [2.45, 2.75) is 39.2 Å². The molecule has 0 spiro atoms. The average Bonchev–Trinajstić information content (AvgIpc) is 2.44. The summed E-state index contributed by atoms with van der Waals surface area (Å²) in [5.74, 6) is -0.496. The van der Waals surface area contributed by atoms with Crippen LogP contribution in [0.25, 0.3) is 0 Å². The molecule has 0 radical (unpaired) electrons. The summed E-state index contributed by atoms with van der Waals surface area (Å²) in [4.78, 5) is 22.5. The van der Waals surface area contributed by atoms with E-state index >= 15 is 0 Å². The van der Waals surface area contributed by atoms with Gasteiger partial charge in [-0.1, -0.05) is 30.3 Å². The van der Waals surface area contributed by atoms with Crippen molar-refractivity contribution in [2.24, 2.45) is 0 Å². The van der Waals surface area contributed by atoms with Gasteiger partial charge in [0.2, 0.25) is 0 Å². The zero-order chi connectivity index (χ0) is 14.6. The van der Waals surface area contributed by atoms with E-state index in [0.717, 1.165) is 18.4 Å². The highest BCUT2D eigenvalue weighted by atomic mass is 16.5. The smallest absolute Gasteiger partial charge is 0.313 e. The van der Waals surface area contributed by atoms with Gasteiger partial charge < -0.3 is 9.47 Å². The zero-order valence-electron chi connectivity index (χ0n) is 12.0. The number of hydrogen-bond donors (Lipinski definition) is 0. The Labute approximate surface area is 120 Å². The van der Waals surface area contributed by atoms with Gasteiger partial charge in [-0.15, -0.1) is 0 Å². The molecule has 0 bridgehead atoms. The molecule has 1 aromatic rings. The summed E-state index contributed by atoms with van der Waals surface area (Å²) in [6.07, 6.45) is 1.86. The first-order valence-electron chi connectivity index (χ1n) is 7.01. The van der Waals surface area contributed by atoms with Gasteiger partial charge in [0, 0.05) is 13.0 Å². The van der Waals surface area contributed by atoms with E-state index < -0.39 is 5.97 Å². The second-order valence-corrected chi connectivity index (χ2v) is 4.52. The number of carbonyl (C=O) groups is 2. The van der Waals surface area contributed by atoms with Gasteiger partial charge in [0.25, 0.3) is 0 Å². The SMILES string of the molecule is CCOC(=O)CC(=O)CCCCOCc1ccccc1. The van der Waals surface area contributed by atoms with Crippen molar-refractivity contribution in [1.29, 1.82) is 0 Å². The largest absolute Gasteiger partial charge is 0.466 e. The van der Waals surface area contributed by atoms with Gasteiger partial charge in [-0.2, -0.15) is 0 Å². The Morgan fingerprint density at radius 3 is 2.55 bits per heavy atom. The van der Waals surface area contributed by atoms with Crippen LogP contribution >= 0.6 is 0 Å². The molecular weight excluding hydrogens is 256 g/mol. The van der Waals surface area contributed by atoms with E-state index in [1.807, 2.05) is 30.3 Å². The Balaban J connectivity index is 1.99. The van der Waals surface area contributed by atoms with Crippen molar-refractivity contribution in [3.8, 4) is 0 Å². The highest BCUT2D eigenvalue weighted by Crippen LogP contribution is 2.04. The van der Waals surface area contributed by atoms with Crippen molar-refractivity contribution < 1.29 is 19.1 Å². The first-order chi connectivity index (χ1) is 9.72. The summed E-state index contributed by atoms with van der Waals surface area (Å²) in [6.45, 7) is 3.27. The van der Waals surface area contributed by atoms with E-state index in [1.165, 1.54) is 0 Å². The number of esters is 1. The molecule has 0 fully saturated rings. The normalized spacial score (nSPS) is 10.2. The fraction of sp³-hybridized carbons (Fsp3) is 0.500. The maximum absolute atomic E-state index is 11.4. The Morgan fingerprint density at radius 2 is 1.85 bits per heavy atom. The summed E-state index contributed by atoms with van der Waals surface area (Å²) >= 11 is 0. The molecule has 0 atom stereocenters. The molecule has 4 heteroatoms. The van der Waals surface area contributed by atoms with E-state index in [-0.39, 0.29) is 12.2 Å². The van der Waals surface area contributed by atoms with E-state index in [4.69, 9.17) is 9.47 Å². The minimum Gasteiger partial charge on any atom is -0.466 e. The van der Waals surface area contributed by atoms with Crippen LogP contribution in [-0.2, 0) is 25.7 Å². The minimum atomic E-state index is -0.433. The van der Waals surface area contributed by atoms with Crippen molar-refractivity contribution >= 4 is 11.8 Å². The molecule has 20 heavy (non-hydrogen) atoms. The lowest BCUT2D eigenvalue weighted by atomic mass is 10.1. The fourth-order valence-electron chi connectivity index (χ4n) is 1.75. The van der Waals surface area contributed by atoms with Gasteiger partial charge in [0.1, 0.15) is 12.2 Å². The van der Waals surface area contributed by atoms with Crippen LogP contribution in [-0.4, -0.2) is 25.0 Å². The van der Waals surface area contributed by atoms with Gasteiger partial charge in [0.15, 0.2) is 0 Å². The minimum absolute atomic E-state index is 0.0634. The van der Waals surface area contributed by atoms with Crippen molar-refractivity contribution in [3.05, 3.63) is 35.9 Å². The van der Waals surface area contributed by atoms with Crippen LogP contribution in [0, 0.1) is 0 Å². The van der Waals surface area contributed by atoms with E-state index in [1.54, 1.807) is 6.92 Å². The Bertz CT molecular complexity index is 400. The molecule has 4 nitrogen and oxygen atoms in total. The number of ketones is 1. The Morgan fingerprint density at radius 1 is 1.10 bits per heavy atom. The van der Waals surface area contributed by atoms with Crippen LogP contribution in [0.3, 0.4) is 0 Å². The maximum Gasteiger partial charge on any atom is 0.313 e. The lowest BCUT2D eigenvalue weighted by Gasteiger charge is -2.04. The van der Waals surface area contributed by atoms with Crippen molar-refractivity contribution in [3.63, 3.8) is 0 Å². The predicted octanol–water partition coefficient (Wildman–Crippen LogP) is 2.90. The summed E-state index contributed by atoms with van der Waals surface area (Å²) < 4.78 is 10.2. The van der Waals surface area contributed by atoms with Crippen LogP contribution in [0.15, 0.2) is 30.3 Å². The van der Waals surface area contributed by atoms with Gasteiger partial charge in [-0.05, 0) is 25.3 Å². The number of carbonyl (C=O) groups excluding carboxylic acids is 2. The third-order valence-electron chi connectivity index (χ3n) is 2.75. The molecule has 0 saturated carbocycles. The van der Waals surface area contributed by atoms with E-state index in [0.29, 0.717) is 26.2 Å². The van der Waals surface area contributed by atoms with E-state index in [2.05, 4.69) is 0 Å². The fourth-order valence-corrected chi connectivity index (χ4v) is 1.75. The lowest BCUT2D eigenvalue weighted by Crippen LogP contribution is -2.11. The van der Waals surface area contributed by atoms with Crippen LogP contribution in [0.4, 0.5) is 0 Å². The zero-order valence-corrected chi connectivity index (χ0v) is 12.0. The number of ether oxygens (including phenoxy) is 2. The molecule has 110 valence electrons. The molecule has 0 aliphatic carbocycles. The summed E-state index contributed by atoms with van der Waals surface area (Å²) in [6, 6.07) is 9.96. The molecular formula is C16H22O4. The number of unbranched alkanes of at least 4 members (excludes halogenated alkanes) is 1. The summed E-state index contributed by atoms with van der Waals surface area (Å²) in [5.41, 5.74) is 1.14. The van der Waals surface area contributed by atoms with Gasteiger partial charge >= 0.3 is 5.97 Å². The van der Waals surface area contributed by atoms with Gasteiger partial charge in [0.05, 0.1) is 13.2 Å². The Hall–Kier alpha value is -1.68. The van der Waals surface area contributed by atoms with Crippen molar-refractivity contribution in [2.75, 3.05) is 13.2 Å². The second-order valence-electron chi connectivity index (χ2n) is 4.52. The van der Waals surface area contributed by atoms with E-state index in [9.17, 15) is 9.59 Å². The molecule has 1 aromatic carbocycles. The quantitative estimate of drug-likeness (QED) is 0.375. The van der Waals surface area contributed by atoms with Crippen molar-refractivity contribution in [1.82, 2.24) is 0 Å². The molecule has 0 heterocycles. The highest BCUT2D eigenvalue weighted by molar-refractivity contribution is 5.95. The van der Waals surface area contributed by atoms with Gasteiger partial charge in [-0.25, -0.2) is 0 Å². The first-order valence-corrected chi connectivity index (χ1v) is 7.01. The Kier molecular flexibility index (Phi) is 8.31. The van der Waals surface area contributed by atoms with Crippen LogP contribution < -0.4 is 0 Å². The highest BCUT2D eigenvalue weighted by Gasteiger charge is 2.09. The number of benzene rings is 1. The monoisotopic (exact) mass is 278 g/mol. The molecule has 0 aliphatic rings. The molecule has 0 saturated heterocycles. The van der Waals surface area contributed by atoms with Gasteiger partial charge in [-0.3, -0.25) is 9.59 Å². The maximum atomic E-state index is 11.4. The molecule has 0 amide bonds. The topological polar surface area (TPSA) is 52.6 Å². The predicted molar refractivity (Wildman–Crippen MR) is 76.2 cm³/mol. The van der Waals surface area contributed by atoms with Crippen LogP contribution in [0.2, 0.25) is 0 Å². The number of hydrogen-bond acceptors (Lipinski definition) is 4. The molecule has 0 unspecified atom stereocenters. The molecule has 0 aromatic heterocycles. The summed E-state index contributed by atoms with van der Waals surface area (Å²) in [7, 11) is 0. The third-order valence-corrected chi connectivity index (χ3v) is 2.75. The number of Topliss-reactive ketones (excluding diaryl/α,β-unsaturated/α-hetero) is 1. The second kappa shape index (κ2) is 10.1. The standard InChI is InChI=1S/C16H22O4/c1-2-20-16(18)12-15(17)10-6-7-11-19-13-14-8-4-3-5-9-14/h3-5,8-9H,2,6-7,10-13H2,1H3. The van der Waals surface area contributed by atoms with Crippen LogP contribution in [0.5, 0.6) is 0 Å². The lowest BCUT2D eigenvalue weighted by molar-refractivity contribution is -0.145. The first kappa shape index (κ1) is 16.4. The molecule has 0 aliphatic heterocycles. The van der Waals surface area contributed by atoms with Crippen LogP contribution in [0.1, 0.15) is 38.2 Å². The summed E-state index contributed by atoms with van der Waals surface area (Å²) in [5, 5.41) is 0. The molecule has 1 rings (SSSR count).